The molecule has 0 aliphatic carbocycles. The average Bonchev–Trinajstić information content (AvgIpc) is 3.00. The molecule has 4 heteroatoms. The molecule has 0 saturated carbocycles. The number of fused-ring (bicyclic) bond motifs is 1. The van der Waals surface area contributed by atoms with Crippen molar-refractivity contribution >= 4 is 26.7 Å². The molecular weight excluding hydrogens is 302 g/mol. The smallest absolute Gasteiger partial charge is 0.200 e. The lowest BCUT2D eigenvalue weighted by Gasteiger charge is -2.22. The molecule has 1 N–H and O–H groups in total. The van der Waals surface area contributed by atoms with Crippen LogP contribution in [0.5, 0.6) is 0 Å². The highest BCUT2D eigenvalue weighted by atomic mass is 32.1. The van der Waals surface area contributed by atoms with Crippen LogP contribution < -0.4 is 10.4 Å². The molecule has 1 heterocycles. The molecule has 128 valence electrons. The fourth-order valence-corrected chi connectivity index (χ4v) is 3.65. The Kier molecular flexibility index (Phi) is 8.40. The van der Waals surface area contributed by atoms with Crippen molar-refractivity contribution in [2.45, 2.75) is 65.2 Å². The van der Waals surface area contributed by atoms with Gasteiger partial charge in [0.15, 0.2) is 0 Å². The van der Waals surface area contributed by atoms with Crippen LogP contribution in [0.3, 0.4) is 0 Å². The van der Waals surface area contributed by atoms with E-state index in [0.717, 1.165) is 23.7 Å². The zero-order valence-corrected chi connectivity index (χ0v) is 15.5. The number of para-hydroxylation sites is 1. The van der Waals surface area contributed by atoms with Gasteiger partial charge in [0.05, 0.1) is 10.2 Å². The van der Waals surface area contributed by atoms with Crippen LogP contribution in [-0.4, -0.2) is 18.1 Å². The maximum absolute atomic E-state index is 4.81. The number of anilines is 1. The number of unbranched alkanes of at least 4 members (excludes halogenated alkanes) is 6. The second kappa shape index (κ2) is 10.6. The van der Waals surface area contributed by atoms with Crippen LogP contribution >= 0.6 is 11.3 Å². The van der Waals surface area contributed by atoms with E-state index >= 15 is 0 Å². The van der Waals surface area contributed by atoms with Gasteiger partial charge in [0.1, 0.15) is 0 Å². The summed E-state index contributed by atoms with van der Waals surface area (Å²) in [5.74, 6) is 0. The van der Waals surface area contributed by atoms with Crippen molar-refractivity contribution in [1.82, 2.24) is 10.4 Å². The van der Waals surface area contributed by atoms with Crippen LogP contribution in [0.15, 0.2) is 24.3 Å². The van der Waals surface area contributed by atoms with Crippen LogP contribution in [0.25, 0.3) is 10.2 Å². The third kappa shape index (κ3) is 6.11. The zero-order chi connectivity index (χ0) is 16.3. The minimum atomic E-state index is 1.05. The van der Waals surface area contributed by atoms with E-state index in [4.69, 9.17) is 4.98 Å². The number of hydrogen-bond acceptors (Lipinski definition) is 4. The minimum absolute atomic E-state index is 1.05. The van der Waals surface area contributed by atoms with E-state index in [2.05, 4.69) is 48.5 Å². The van der Waals surface area contributed by atoms with Gasteiger partial charge in [-0.05, 0) is 25.0 Å². The molecule has 23 heavy (non-hydrogen) atoms. The number of hydrazine groups is 1. The number of thiazole rings is 1. The molecule has 0 fully saturated rings. The Labute approximate surface area is 145 Å². The van der Waals surface area contributed by atoms with E-state index in [0.29, 0.717) is 0 Å². The van der Waals surface area contributed by atoms with Gasteiger partial charge in [-0.25, -0.2) is 10.4 Å². The molecule has 2 aromatic rings. The Balaban J connectivity index is 1.93. The van der Waals surface area contributed by atoms with Crippen LogP contribution in [0.1, 0.15) is 65.2 Å². The number of rotatable bonds is 12. The molecule has 2 rings (SSSR count). The van der Waals surface area contributed by atoms with Crippen molar-refractivity contribution in [2.75, 3.05) is 18.1 Å². The summed E-state index contributed by atoms with van der Waals surface area (Å²) in [7, 11) is 0. The van der Waals surface area contributed by atoms with E-state index in [1.165, 1.54) is 56.1 Å². The molecule has 0 unspecified atom stereocenters. The first-order chi connectivity index (χ1) is 11.3. The predicted molar refractivity (Wildman–Crippen MR) is 103 cm³/mol. The Morgan fingerprint density at radius 3 is 2.43 bits per heavy atom. The molecule has 1 aromatic heterocycles. The highest BCUT2D eigenvalue weighted by Crippen LogP contribution is 2.28. The Bertz CT molecular complexity index is 519. The van der Waals surface area contributed by atoms with Gasteiger partial charge in [0.2, 0.25) is 5.13 Å². The lowest BCUT2D eigenvalue weighted by molar-refractivity contribution is 0.547. The first-order valence-corrected chi connectivity index (χ1v) is 10.0. The number of hydrogen-bond donors (Lipinski definition) is 1. The van der Waals surface area contributed by atoms with Gasteiger partial charge in [0, 0.05) is 13.1 Å². The Hall–Kier alpha value is -1.13. The lowest BCUT2D eigenvalue weighted by atomic mass is 10.2. The third-order valence-electron chi connectivity index (χ3n) is 4.08. The molecule has 0 spiro atoms. The highest BCUT2D eigenvalue weighted by Gasteiger charge is 2.11. The van der Waals surface area contributed by atoms with E-state index in [-0.39, 0.29) is 0 Å². The molecule has 0 radical (unpaired) electrons. The van der Waals surface area contributed by atoms with Crippen LogP contribution in [0.4, 0.5) is 5.13 Å². The standard InChI is InChI=1S/C19H31N3S/c1-3-5-7-11-15-20-22(16-12-8-6-4-2)19-21-17-13-9-10-14-18(17)23-19/h9-10,13-14,20H,3-8,11-12,15-16H2,1-2H3. The normalized spacial score (nSPS) is 11.2. The maximum atomic E-state index is 4.81. The summed E-state index contributed by atoms with van der Waals surface area (Å²) in [5.41, 5.74) is 4.72. The van der Waals surface area contributed by atoms with Gasteiger partial charge in [0.25, 0.3) is 0 Å². The quantitative estimate of drug-likeness (QED) is 0.395. The van der Waals surface area contributed by atoms with Crippen LogP contribution in [-0.2, 0) is 0 Å². The molecular formula is C19H31N3S. The molecule has 1 aromatic carbocycles. The summed E-state index contributed by atoms with van der Waals surface area (Å²) >= 11 is 1.79. The molecule has 3 nitrogen and oxygen atoms in total. The summed E-state index contributed by atoms with van der Waals surface area (Å²) in [4.78, 5) is 4.81. The molecule has 0 amide bonds. The average molecular weight is 334 g/mol. The van der Waals surface area contributed by atoms with E-state index in [1.807, 2.05) is 0 Å². The maximum Gasteiger partial charge on any atom is 0.200 e. The summed E-state index contributed by atoms with van der Waals surface area (Å²) < 4.78 is 1.27. The first kappa shape index (κ1) is 18.2. The predicted octanol–water partition coefficient (Wildman–Crippen LogP) is 5.77. The third-order valence-corrected chi connectivity index (χ3v) is 5.14. The van der Waals surface area contributed by atoms with E-state index < -0.39 is 0 Å². The van der Waals surface area contributed by atoms with Crippen molar-refractivity contribution in [3.63, 3.8) is 0 Å². The molecule has 0 saturated heterocycles. The second-order valence-corrected chi connectivity index (χ2v) is 7.15. The van der Waals surface area contributed by atoms with Gasteiger partial charge in [-0.3, -0.25) is 5.01 Å². The lowest BCUT2D eigenvalue weighted by Crippen LogP contribution is -2.39. The monoisotopic (exact) mass is 333 g/mol. The number of nitrogens with one attached hydrogen (secondary N) is 1. The summed E-state index contributed by atoms with van der Waals surface area (Å²) in [6, 6.07) is 8.42. The SMILES string of the molecule is CCCCCCNN(CCCCCC)c1nc2ccccc2s1. The topological polar surface area (TPSA) is 28.2 Å². The van der Waals surface area contributed by atoms with Crippen molar-refractivity contribution in [2.24, 2.45) is 0 Å². The summed E-state index contributed by atoms with van der Waals surface area (Å²) in [5, 5.41) is 3.39. The molecule has 0 aliphatic heterocycles. The number of aromatic nitrogens is 1. The van der Waals surface area contributed by atoms with Crippen LogP contribution in [0.2, 0.25) is 0 Å². The van der Waals surface area contributed by atoms with Crippen LogP contribution in [0, 0.1) is 0 Å². The van der Waals surface area contributed by atoms with Crippen molar-refractivity contribution in [3.8, 4) is 0 Å². The fourth-order valence-electron chi connectivity index (χ4n) is 2.68. The number of nitrogens with zero attached hydrogens (tertiary/aromatic N) is 2. The van der Waals surface area contributed by atoms with Gasteiger partial charge < -0.3 is 0 Å². The van der Waals surface area contributed by atoms with Crippen molar-refractivity contribution < 1.29 is 0 Å². The molecule has 0 aliphatic rings. The second-order valence-electron chi connectivity index (χ2n) is 6.15. The Morgan fingerprint density at radius 1 is 0.957 bits per heavy atom. The van der Waals surface area contributed by atoms with Crippen molar-refractivity contribution in [3.05, 3.63) is 24.3 Å². The summed E-state index contributed by atoms with van der Waals surface area (Å²) in [6.45, 7) is 6.61. The number of benzene rings is 1. The van der Waals surface area contributed by atoms with E-state index in [1.54, 1.807) is 11.3 Å². The molecule has 0 bridgehead atoms. The van der Waals surface area contributed by atoms with Crippen molar-refractivity contribution in [1.29, 1.82) is 0 Å². The largest absolute Gasteiger partial charge is 0.283 e. The zero-order valence-electron chi connectivity index (χ0n) is 14.7. The first-order valence-electron chi connectivity index (χ1n) is 9.21. The van der Waals surface area contributed by atoms with Gasteiger partial charge in [-0.2, -0.15) is 0 Å². The fraction of sp³-hybridized carbons (Fsp3) is 0.632. The highest BCUT2D eigenvalue weighted by molar-refractivity contribution is 7.22. The summed E-state index contributed by atoms with van der Waals surface area (Å²) in [6.07, 6.45) is 10.3. The van der Waals surface area contributed by atoms with Gasteiger partial charge >= 0.3 is 0 Å². The van der Waals surface area contributed by atoms with Gasteiger partial charge in [-0.15, -0.1) is 0 Å². The van der Waals surface area contributed by atoms with Gasteiger partial charge in [-0.1, -0.05) is 75.8 Å². The van der Waals surface area contributed by atoms with E-state index in [9.17, 15) is 0 Å². The minimum Gasteiger partial charge on any atom is -0.283 e. The molecule has 0 atom stereocenters. The Morgan fingerprint density at radius 2 is 1.70 bits per heavy atom.